The van der Waals surface area contributed by atoms with Gasteiger partial charge >= 0.3 is 0 Å². The van der Waals surface area contributed by atoms with Crippen molar-refractivity contribution in [3.63, 3.8) is 0 Å². The Labute approximate surface area is 85.6 Å². The fraction of sp³-hybridized carbons (Fsp3) is 0.222. The van der Waals surface area contributed by atoms with Gasteiger partial charge in [0.25, 0.3) is 5.69 Å². The van der Waals surface area contributed by atoms with Crippen LogP contribution < -0.4 is 5.32 Å². The molecular weight excluding hydrogens is 201 g/mol. The summed E-state index contributed by atoms with van der Waals surface area (Å²) in [6.45, 7) is 2.28. The van der Waals surface area contributed by atoms with Gasteiger partial charge in [0.05, 0.1) is 22.2 Å². The lowest BCUT2D eigenvalue weighted by molar-refractivity contribution is -0.385. The summed E-state index contributed by atoms with van der Waals surface area (Å²) in [5, 5.41) is 20.4. The molecule has 1 rings (SSSR count). The second kappa shape index (κ2) is 4.50. The number of nitrogens with one attached hydrogen (secondary N) is 2. The van der Waals surface area contributed by atoms with Crippen molar-refractivity contribution in [3.05, 3.63) is 33.6 Å². The number of nitro groups is 1. The molecule has 1 aromatic carbocycles. The molecule has 0 aliphatic rings. The molecule has 0 saturated heterocycles. The number of nitrogens with zero attached hydrogens (tertiary/aromatic N) is 1. The van der Waals surface area contributed by atoms with Gasteiger partial charge in [-0.25, -0.2) is 4.39 Å². The third-order valence-corrected chi connectivity index (χ3v) is 1.83. The maximum atomic E-state index is 13.0. The van der Waals surface area contributed by atoms with Crippen molar-refractivity contribution in [3.8, 4) is 0 Å². The minimum absolute atomic E-state index is 0.0863. The zero-order valence-corrected chi connectivity index (χ0v) is 8.08. The molecule has 5 nitrogen and oxygen atoms in total. The largest absolute Gasteiger partial charge is 0.385 e. The van der Waals surface area contributed by atoms with E-state index in [2.05, 4.69) is 5.32 Å². The Balaban J connectivity index is 3.37. The zero-order chi connectivity index (χ0) is 11.4. The van der Waals surface area contributed by atoms with E-state index < -0.39 is 16.4 Å². The highest BCUT2D eigenvalue weighted by atomic mass is 19.1. The van der Waals surface area contributed by atoms with Crippen molar-refractivity contribution < 1.29 is 9.31 Å². The number of benzene rings is 1. The Morgan fingerprint density at radius 1 is 1.67 bits per heavy atom. The number of halogens is 1. The summed E-state index contributed by atoms with van der Waals surface area (Å²) in [7, 11) is 0. The van der Waals surface area contributed by atoms with Crippen LogP contribution >= 0.6 is 0 Å². The number of nitro benzene ring substituents is 1. The highest BCUT2D eigenvalue weighted by Gasteiger charge is 2.17. The van der Waals surface area contributed by atoms with Gasteiger partial charge in [0.2, 0.25) is 0 Å². The average Bonchev–Trinajstić information content (AvgIpc) is 2.17. The lowest BCUT2D eigenvalue weighted by atomic mass is 10.1. The minimum Gasteiger partial charge on any atom is -0.385 e. The smallest absolute Gasteiger partial charge is 0.283 e. The fourth-order valence-corrected chi connectivity index (χ4v) is 1.24. The third kappa shape index (κ3) is 2.28. The SMILES string of the molecule is CCNc1cc(F)cc([N+](=O)[O-])c1C=N. The number of anilines is 1. The monoisotopic (exact) mass is 211 g/mol. The Hall–Kier alpha value is -1.98. The Morgan fingerprint density at radius 2 is 2.33 bits per heavy atom. The van der Waals surface area contributed by atoms with Crippen molar-refractivity contribution in [1.29, 1.82) is 5.41 Å². The van der Waals surface area contributed by atoms with Crippen molar-refractivity contribution in [2.45, 2.75) is 6.92 Å². The first-order valence-corrected chi connectivity index (χ1v) is 4.32. The molecule has 0 amide bonds. The van der Waals surface area contributed by atoms with Crippen molar-refractivity contribution in [2.24, 2.45) is 0 Å². The van der Waals surface area contributed by atoms with Crippen molar-refractivity contribution in [2.75, 3.05) is 11.9 Å². The van der Waals surface area contributed by atoms with Crippen molar-refractivity contribution >= 4 is 17.6 Å². The van der Waals surface area contributed by atoms with E-state index in [0.29, 0.717) is 6.54 Å². The van der Waals surface area contributed by atoms with E-state index >= 15 is 0 Å². The van der Waals surface area contributed by atoms with E-state index in [1.165, 1.54) is 0 Å². The van der Waals surface area contributed by atoms with Gasteiger partial charge in [0.1, 0.15) is 5.82 Å². The minimum atomic E-state index is -0.704. The first-order chi connectivity index (χ1) is 7.10. The molecule has 0 radical (unpaired) electrons. The first kappa shape index (κ1) is 11.1. The molecular formula is C9H10FN3O2. The highest BCUT2D eigenvalue weighted by molar-refractivity contribution is 5.91. The summed E-state index contributed by atoms with van der Waals surface area (Å²) >= 11 is 0. The molecule has 0 aromatic heterocycles. The van der Waals surface area contributed by atoms with Crippen LogP contribution in [0.4, 0.5) is 15.8 Å². The zero-order valence-electron chi connectivity index (χ0n) is 8.08. The van der Waals surface area contributed by atoms with E-state index in [1.807, 2.05) is 0 Å². The second-order valence-corrected chi connectivity index (χ2v) is 2.82. The van der Waals surface area contributed by atoms with Gasteiger partial charge in [0, 0.05) is 12.8 Å². The van der Waals surface area contributed by atoms with Gasteiger partial charge < -0.3 is 10.7 Å². The van der Waals surface area contributed by atoms with Gasteiger partial charge in [-0.2, -0.15) is 0 Å². The molecule has 0 bridgehead atoms. The van der Waals surface area contributed by atoms with E-state index in [0.717, 1.165) is 18.3 Å². The quantitative estimate of drug-likeness (QED) is 0.455. The lowest BCUT2D eigenvalue weighted by Crippen LogP contribution is -2.04. The van der Waals surface area contributed by atoms with Gasteiger partial charge in [0.15, 0.2) is 0 Å². The van der Waals surface area contributed by atoms with E-state index in [1.54, 1.807) is 6.92 Å². The van der Waals surface area contributed by atoms with Gasteiger partial charge in [-0.1, -0.05) is 0 Å². The molecule has 0 aliphatic heterocycles. The first-order valence-electron chi connectivity index (χ1n) is 4.32. The van der Waals surface area contributed by atoms with Crippen LogP contribution in [-0.4, -0.2) is 17.7 Å². The van der Waals surface area contributed by atoms with Crippen LogP contribution in [0.15, 0.2) is 12.1 Å². The predicted octanol–water partition coefficient (Wildman–Crippen LogP) is 2.16. The maximum Gasteiger partial charge on any atom is 0.283 e. The summed E-state index contributed by atoms with van der Waals surface area (Å²) in [5.74, 6) is -0.691. The molecule has 0 fully saturated rings. The Morgan fingerprint density at radius 3 is 2.80 bits per heavy atom. The predicted molar refractivity (Wildman–Crippen MR) is 55.1 cm³/mol. The molecule has 0 spiro atoms. The normalized spacial score (nSPS) is 9.73. The Bertz CT molecular complexity index is 407. The lowest BCUT2D eigenvalue weighted by Gasteiger charge is -2.07. The molecule has 1 aromatic rings. The van der Waals surface area contributed by atoms with E-state index in [4.69, 9.17) is 5.41 Å². The Kier molecular flexibility index (Phi) is 3.33. The fourth-order valence-electron chi connectivity index (χ4n) is 1.24. The van der Waals surface area contributed by atoms with Crippen LogP contribution in [0.3, 0.4) is 0 Å². The number of rotatable bonds is 4. The van der Waals surface area contributed by atoms with Crippen molar-refractivity contribution in [1.82, 2.24) is 0 Å². The summed E-state index contributed by atoms with van der Waals surface area (Å²) in [5.41, 5.74) is -0.0524. The molecule has 6 heteroatoms. The summed E-state index contributed by atoms with van der Waals surface area (Å²) in [6.07, 6.45) is 0.843. The molecule has 0 atom stereocenters. The van der Waals surface area contributed by atoms with E-state index in [-0.39, 0.29) is 11.3 Å². The average molecular weight is 211 g/mol. The highest BCUT2D eigenvalue weighted by Crippen LogP contribution is 2.26. The van der Waals surface area contributed by atoms with Gasteiger partial charge in [-0.05, 0) is 13.0 Å². The van der Waals surface area contributed by atoms with Crippen LogP contribution in [-0.2, 0) is 0 Å². The number of hydrogen-bond acceptors (Lipinski definition) is 4. The summed E-state index contributed by atoms with van der Waals surface area (Å²) in [6, 6.07) is 1.94. The topological polar surface area (TPSA) is 79.0 Å². The summed E-state index contributed by atoms with van der Waals surface area (Å²) < 4.78 is 13.0. The van der Waals surface area contributed by atoms with Crippen LogP contribution in [0.2, 0.25) is 0 Å². The second-order valence-electron chi connectivity index (χ2n) is 2.82. The molecule has 0 unspecified atom stereocenters. The van der Waals surface area contributed by atoms with Crippen LogP contribution in [0, 0.1) is 21.3 Å². The van der Waals surface area contributed by atoms with Crippen LogP contribution in [0.1, 0.15) is 12.5 Å². The molecule has 0 saturated carbocycles. The molecule has 0 heterocycles. The van der Waals surface area contributed by atoms with E-state index in [9.17, 15) is 14.5 Å². The van der Waals surface area contributed by atoms with Gasteiger partial charge in [-0.15, -0.1) is 0 Å². The number of hydrogen-bond donors (Lipinski definition) is 2. The maximum absolute atomic E-state index is 13.0. The van der Waals surface area contributed by atoms with Gasteiger partial charge in [-0.3, -0.25) is 10.1 Å². The third-order valence-electron chi connectivity index (χ3n) is 1.83. The van der Waals surface area contributed by atoms with Crippen LogP contribution in [0.25, 0.3) is 0 Å². The molecule has 15 heavy (non-hydrogen) atoms. The molecule has 0 aliphatic carbocycles. The summed E-state index contributed by atoms with van der Waals surface area (Å²) in [4.78, 5) is 9.89. The van der Waals surface area contributed by atoms with Crippen LogP contribution in [0.5, 0.6) is 0 Å². The molecule has 80 valence electrons. The standard InChI is InChI=1S/C9H10FN3O2/c1-2-12-8-3-6(10)4-9(13(14)15)7(8)5-11/h3-5,11-12H,2H2,1H3. The molecule has 2 N–H and O–H groups in total.